The number of nitrogens with one attached hydrogen (secondary N) is 1. The molecule has 0 unspecified atom stereocenters. The minimum absolute atomic E-state index is 0.185. The van der Waals surface area contributed by atoms with Crippen LogP contribution in [-0.2, 0) is 6.54 Å². The van der Waals surface area contributed by atoms with Crippen LogP contribution in [0.5, 0.6) is 0 Å². The van der Waals surface area contributed by atoms with Gasteiger partial charge in [0.15, 0.2) is 0 Å². The highest BCUT2D eigenvalue weighted by molar-refractivity contribution is 5.49. The molecule has 0 aliphatic carbocycles. The average molecular weight is 273 g/mol. The summed E-state index contributed by atoms with van der Waals surface area (Å²) >= 11 is 0. The van der Waals surface area contributed by atoms with E-state index in [-0.39, 0.29) is 5.82 Å². The van der Waals surface area contributed by atoms with Crippen molar-refractivity contribution in [3.05, 3.63) is 54.0 Å². The summed E-state index contributed by atoms with van der Waals surface area (Å²) in [6, 6.07) is 10.8. The van der Waals surface area contributed by atoms with Gasteiger partial charge in [-0.1, -0.05) is 12.1 Å². The molecule has 0 fully saturated rings. The number of anilines is 2. The molecule has 1 aromatic heterocycles. The van der Waals surface area contributed by atoms with Crippen molar-refractivity contribution >= 4 is 11.5 Å². The highest BCUT2D eigenvalue weighted by Crippen LogP contribution is 2.21. The lowest BCUT2D eigenvalue weighted by atomic mass is 10.2. The summed E-state index contributed by atoms with van der Waals surface area (Å²) in [6.45, 7) is 6.31. The molecule has 1 heterocycles. The molecule has 1 N–H and O–H groups in total. The van der Waals surface area contributed by atoms with Gasteiger partial charge in [-0.15, -0.1) is 0 Å². The third-order valence-electron chi connectivity index (χ3n) is 3.13. The van der Waals surface area contributed by atoms with Gasteiger partial charge in [-0.25, -0.2) is 9.37 Å². The molecule has 0 amide bonds. The van der Waals surface area contributed by atoms with Crippen molar-refractivity contribution in [2.24, 2.45) is 0 Å². The minimum Gasteiger partial charge on any atom is -0.370 e. The van der Waals surface area contributed by atoms with Crippen LogP contribution in [0.25, 0.3) is 0 Å². The predicted molar refractivity (Wildman–Crippen MR) is 81.5 cm³/mol. The molecule has 0 aliphatic heterocycles. The van der Waals surface area contributed by atoms with E-state index in [4.69, 9.17) is 0 Å². The molecule has 0 bridgehead atoms. The van der Waals surface area contributed by atoms with Crippen LogP contribution in [0.2, 0.25) is 0 Å². The van der Waals surface area contributed by atoms with Crippen molar-refractivity contribution in [3.8, 4) is 0 Å². The van der Waals surface area contributed by atoms with Crippen LogP contribution in [0.1, 0.15) is 19.4 Å². The smallest absolute Gasteiger partial charge is 0.146 e. The molecule has 1 aromatic carbocycles. The summed E-state index contributed by atoms with van der Waals surface area (Å²) in [6.07, 6.45) is 1.78. The Morgan fingerprint density at radius 3 is 2.70 bits per heavy atom. The van der Waals surface area contributed by atoms with Crippen LogP contribution in [0, 0.1) is 5.82 Å². The molecule has 0 radical (unpaired) electrons. The van der Waals surface area contributed by atoms with E-state index in [1.54, 1.807) is 12.3 Å². The molecular weight excluding hydrogens is 253 g/mol. The lowest BCUT2D eigenvalue weighted by Gasteiger charge is -2.23. The molecular formula is C16H20FN3. The molecule has 0 saturated heterocycles. The Hall–Kier alpha value is -2.10. The van der Waals surface area contributed by atoms with Crippen LogP contribution in [-0.4, -0.2) is 18.1 Å². The average Bonchev–Trinajstić information content (AvgIpc) is 2.46. The SMILES string of the molecule is CCNc1cc(CN(CC)c2ccccc2F)ccn1. The van der Waals surface area contributed by atoms with Crippen molar-refractivity contribution < 1.29 is 4.39 Å². The third-order valence-corrected chi connectivity index (χ3v) is 3.13. The monoisotopic (exact) mass is 273 g/mol. The van der Waals surface area contributed by atoms with Crippen molar-refractivity contribution in [2.45, 2.75) is 20.4 Å². The fourth-order valence-corrected chi connectivity index (χ4v) is 2.15. The summed E-state index contributed by atoms with van der Waals surface area (Å²) in [5.41, 5.74) is 1.75. The zero-order valence-corrected chi connectivity index (χ0v) is 11.9. The number of hydrogen-bond acceptors (Lipinski definition) is 3. The maximum absolute atomic E-state index is 13.9. The number of rotatable bonds is 6. The van der Waals surface area contributed by atoms with E-state index in [9.17, 15) is 4.39 Å². The number of pyridine rings is 1. The van der Waals surface area contributed by atoms with Gasteiger partial charge in [0.05, 0.1) is 5.69 Å². The van der Waals surface area contributed by atoms with Gasteiger partial charge >= 0.3 is 0 Å². The first-order valence-electron chi connectivity index (χ1n) is 6.92. The van der Waals surface area contributed by atoms with Gasteiger partial charge in [-0.05, 0) is 43.7 Å². The summed E-state index contributed by atoms with van der Waals surface area (Å²) < 4.78 is 13.9. The van der Waals surface area contributed by atoms with E-state index in [1.807, 2.05) is 43.0 Å². The molecule has 106 valence electrons. The first kappa shape index (κ1) is 14.3. The topological polar surface area (TPSA) is 28.2 Å². The van der Waals surface area contributed by atoms with Gasteiger partial charge < -0.3 is 10.2 Å². The Balaban J connectivity index is 2.18. The number of para-hydroxylation sites is 1. The summed E-state index contributed by atoms with van der Waals surface area (Å²) in [7, 11) is 0. The van der Waals surface area contributed by atoms with Gasteiger partial charge in [0.25, 0.3) is 0 Å². The number of aromatic nitrogens is 1. The van der Waals surface area contributed by atoms with Crippen molar-refractivity contribution in [3.63, 3.8) is 0 Å². The molecule has 3 nitrogen and oxygen atoms in total. The fraction of sp³-hybridized carbons (Fsp3) is 0.312. The van der Waals surface area contributed by atoms with E-state index in [2.05, 4.69) is 10.3 Å². The first-order valence-corrected chi connectivity index (χ1v) is 6.92. The first-order chi connectivity index (χ1) is 9.74. The Labute approximate surface area is 119 Å². The Morgan fingerprint density at radius 1 is 1.20 bits per heavy atom. The molecule has 4 heteroatoms. The Kier molecular flexibility index (Phi) is 4.93. The van der Waals surface area contributed by atoms with Crippen LogP contribution >= 0.6 is 0 Å². The van der Waals surface area contributed by atoms with Crippen LogP contribution in [0.4, 0.5) is 15.9 Å². The minimum atomic E-state index is -0.185. The van der Waals surface area contributed by atoms with Gasteiger partial charge in [-0.3, -0.25) is 0 Å². The molecule has 0 spiro atoms. The van der Waals surface area contributed by atoms with Gasteiger partial charge in [-0.2, -0.15) is 0 Å². The number of halogens is 1. The van der Waals surface area contributed by atoms with Gasteiger partial charge in [0, 0.05) is 25.8 Å². The second kappa shape index (κ2) is 6.89. The summed E-state index contributed by atoms with van der Waals surface area (Å²) in [4.78, 5) is 6.26. The molecule has 0 atom stereocenters. The van der Waals surface area contributed by atoms with Crippen LogP contribution in [0.15, 0.2) is 42.6 Å². The molecule has 20 heavy (non-hydrogen) atoms. The highest BCUT2D eigenvalue weighted by Gasteiger charge is 2.10. The Bertz CT molecular complexity index is 557. The van der Waals surface area contributed by atoms with Gasteiger partial charge in [0.1, 0.15) is 11.6 Å². The highest BCUT2D eigenvalue weighted by atomic mass is 19.1. The maximum Gasteiger partial charge on any atom is 0.146 e. The van der Waals surface area contributed by atoms with E-state index >= 15 is 0 Å². The summed E-state index contributed by atoms with van der Waals surface area (Å²) in [5, 5.41) is 3.19. The van der Waals surface area contributed by atoms with E-state index in [1.165, 1.54) is 6.07 Å². The van der Waals surface area contributed by atoms with Gasteiger partial charge in [0.2, 0.25) is 0 Å². The van der Waals surface area contributed by atoms with Crippen molar-refractivity contribution in [1.29, 1.82) is 0 Å². The second-order valence-electron chi connectivity index (χ2n) is 4.55. The third kappa shape index (κ3) is 3.47. The quantitative estimate of drug-likeness (QED) is 0.870. The number of benzene rings is 1. The van der Waals surface area contributed by atoms with Crippen molar-refractivity contribution in [1.82, 2.24) is 4.98 Å². The second-order valence-corrected chi connectivity index (χ2v) is 4.55. The maximum atomic E-state index is 13.9. The number of hydrogen-bond donors (Lipinski definition) is 1. The molecule has 2 rings (SSSR count). The zero-order chi connectivity index (χ0) is 14.4. The van der Waals surface area contributed by atoms with E-state index < -0.39 is 0 Å². The molecule has 0 aliphatic rings. The Morgan fingerprint density at radius 2 is 2.00 bits per heavy atom. The molecule has 2 aromatic rings. The van der Waals surface area contributed by atoms with E-state index in [0.717, 1.165) is 24.5 Å². The lowest BCUT2D eigenvalue weighted by Crippen LogP contribution is -2.23. The predicted octanol–water partition coefficient (Wildman–Crippen LogP) is 3.68. The fourth-order valence-electron chi connectivity index (χ4n) is 2.15. The summed E-state index contributed by atoms with van der Waals surface area (Å²) in [5.74, 6) is 0.671. The normalized spacial score (nSPS) is 10.3. The number of nitrogens with zero attached hydrogens (tertiary/aromatic N) is 2. The van der Waals surface area contributed by atoms with E-state index in [0.29, 0.717) is 12.2 Å². The van der Waals surface area contributed by atoms with Crippen molar-refractivity contribution in [2.75, 3.05) is 23.3 Å². The molecule has 0 saturated carbocycles. The van der Waals surface area contributed by atoms with Crippen LogP contribution < -0.4 is 10.2 Å². The standard InChI is InChI=1S/C16H20FN3/c1-3-18-16-11-13(9-10-19-16)12-20(4-2)15-8-6-5-7-14(15)17/h5-11H,3-4,12H2,1-2H3,(H,18,19). The largest absolute Gasteiger partial charge is 0.370 e. The van der Waals surface area contributed by atoms with Crippen LogP contribution in [0.3, 0.4) is 0 Å². The zero-order valence-electron chi connectivity index (χ0n) is 11.9. The lowest BCUT2D eigenvalue weighted by molar-refractivity contribution is 0.618.